The summed E-state index contributed by atoms with van der Waals surface area (Å²) in [6.45, 7) is 1.80. The first-order valence-electron chi connectivity index (χ1n) is 7.63. The smallest absolute Gasteiger partial charge is 0.267 e. The fourth-order valence-electron chi connectivity index (χ4n) is 2.09. The van der Waals surface area contributed by atoms with Gasteiger partial charge in [0.1, 0.15) is 11.6 Å². The molecule has 1 amide bonds. The number of nitriles is 1. The van der Waals surface area contributed by atoms with Gasteiger partial charge in [-0.3, -0.25) is 4.79 Å². The second-order valence-electron chi connectivity index (χ2n) is 5.62. The first-order chi connectivity index (χ1) is 11.9. The van der Waals surface area contributed by atoms with Gasteiger partial charge < -0.3 is 15.5 Å². The summed E-state index contributed by atoms with van der Waals surface area (Å²) in [4.78, 5) is 14.3. The molecule has 0 bridgehead atoms. The zero-order valence-electron chi connectivity index (χ0n) is 14.3. The number of benzene rings is 2. The molecule has 2 N–H and O–H groups in total. The molecule has 0 heterocycles. The fraction of sp³-hybridized carbons (Fsp3) is 0.158. The van der Waals surface area contributed by atoms with Gasteiger partial charge in [0.2, 0.25) is 0 Å². The van der Waals surface area contributed by atoms with Crippen LogP contribution in [0.25, 0.3) is 0 Å². The Morgan fingerprint density at radius 1 is 1.20 bits per heavy atom. The minimum atomic E-state index is -0.495. The molecule has 2 rings (SSSR count). The summed E-state index contributed by atoms with van der Waals surface area (Å²) in [5, 5.41) is 15.5. The first kappa shape index (κ1) is 18.4. The predicted molar refractivity (Wildman–Crippen MR) is 103 cm³/mol. The van der Waals surface area contributed by atoms with E-state index in [2.05, 4.69) is 10.6 Å². The third-order valence-electron chi connectivity index (χ3n) is 3.65. The fourth-order valence-corrected chi connectivity index (χ4v) is 2.27. The van der Waals surface area contributed by atoms with Crippen molar-refractivity contribution in [2.75, 3.05) is 29.6 Å². The highest BCUT2D eigenvalue weighted by atomic mass is 35.5. The van der Waals surface area contributed by atoms with Crippen LogP contribution in [0.1, 0.15) is 5.56 Å². The quantitative estimate of drug-likeness (QED) is 0.624. The van der Waals surface area contributed by atoms with Crippen LogP contribution in [-0.2, 0) is 4.79 Å². The molecule has 5 nitrogen and oxygen atoms in total. The molecule has 2 aromatic carbocycles. The summed E-state index contributed by atoms with van der Waals surface area (Å²) in [5.74, 6) is -0.495. The molecule has 0 aliphatic carbocycles. The number of hydrogen-bond acceptors (Lipinski definition) is 4. The molecule has 0 saturated heterocycles. The molecule has 0 aromatic heterocycles. The van der Waals surface area contributed by atoms with Gasteiger partial charge in [0, 0.05) is 42.4 Å². The topological polar surface area (TPSA) is 68.2 Å². The number of hydrogen-bond donors (Lipinski definition) is 2. The third kappa shape index (κ3) is 4.75. The molecular formula is C19H19ClN4O. The van der Waals surface area contributed by atoms with Crippen LogP contribution in [0.5, 0.6) is 0 Å². The van der Waals surface area contributed by atoms with E-state index in [1.54, 1.807) is 25.1 Å². The van der Waals surface area contributed by atoms with E-state index in [0.29, 0.717) is 10.7 Å². The van der Waals surface area contributed by atoms with Crippen LogP contribution < -0.4 is 15.5 Å². The predicted octanol–water partition coefficient (Wildman–Crippen LogP) is 4.17. The zero-order valence-corrected chi connectivity index (χ0v) is 15.1. The molecular weight excluding hydrogens is 336 g/mol. The Morgan fingerprint density at radius 2 is 1.88 bits per heavy atom. The summed E-state index contributed by atoms with van der Waals surface area (Å²) in [6, 6.07) is 14.8. The van der Waals surface area contributed by atoms with Crippen molar-refractivity contribution in [2.45, 2.75) is 6.92 Å². The highest BCUT2D eigenvalue weighted by Crippen LogP contribution is 2.23. The van der Waals surface area contributed by atoms with Crippen LogP contribution in [0.4, 0.5) is 17.1 Å². The molecule has 0 saturated carbocycles. The van der Waals surface area contributed by atoms with Gasteiger partial charge in [0.05, 0.1) is 0 Å². The summed E-state index contributed by atoms with van der Waals surface area (Å²) in [6.07, 6.45) is 1.39. The molecule has 0 aliphatic rings. The molecule has 0 aliphatic heterocycles. The molecule has 0 unspecified atom stereocenters. The number of anilines is 3. The van der Waals surface area contributed by atoms with Crippen molar-refractivity contribution in [3.8, 4) is 6.07 Å². The van der Waals surface area contributed by atoms with Crippen LogP contribution in [0.3, 0.4) is 0 Å². The van der Waals surface area contributed by atoms with E-state index in [0.717, 1.165) is 16.9 Å². The summed E-state index contributed by atoms with van der Waals surface area (Å²) in [5.41, 5.74) is 3.14. The van der Waals surface area contributed by atoms with Crippen molar-refractivity contribution >= 4 is 34.6 Å². The summed E-state index contributed by atoms with van der Waals surface area (Å²) in [7, 11) is 3.91. The van der Waals surface area contributed by atoms with Gasteiger partial charge in [-0.2, -0.15) is 5.26 Å². The Kier molecular flexibility index (Phi) is 6.04. The lowest BCUT2D eigenvalue weighted by Crippen LogP contribution is -2.15. The van der Waals surface area contributed by atoms with E-state index < -0.39 is 5.91 Å². The Hall–Kier alpha value is -2.97. The average molecular weight is 355 g/mol. The van der Waals surface area contributed by atoms with Crippen LogP contribution in [0, 0.1) is 18.3 Å². The van der Waals surface area contributed by atoms with E-state index in [1.807, 2.05) is 49.3 Å². The molecule has 0 spiro atoms. The first-order valence-corrected chi connectivity index (χ1v) is 8.01. The van der Waals surface area contributed by atoms with E-state index in [1.165, 1.54) is 6.20 Å². The minimum Gasteiger partial charge on any atom is -0.378 e. The summed E-state index contributed by atoms with van der Waals surface area (Å²) < 4.78 is 0. The van der Waals surface area contributed by atoms with E-state index in [9.17, 15) is 10.1 Å². The maximum Gasteiger partial charge on any atom is 0.267 e. The maximum atomic E-state index is 12.3. The zero-order chi connectivity index (χ0) is 18.4. The molecule has 0 radical (unpaired) electrons. The molecule has 25 heavy (non-hydrogen) atoms. The monoisotopic (exact) mass is 354 g/mol. The van der Waals surface area contributed by atoms with Gasteiger partial charge in [-0.15, -0.1) is 0 Å². The van der Waals surface area contributed by atoms with Crippen LogP contribution >= 0.6 is 11.6 Å². The molecule has 2 aromatic rings. The van der Waals surface area contributed by atoms with E-state index in [4.69, 9.17) is 11.6 Å². The average Bonchev–Trinajstić information content (AvgIpc) is 2.60. The second kappa shape index (κ2) is 8.22. The van der Waals surface area contributed by atoms with Crippen molar-refractivity contribution in [3.63, 3.8) is 0 Å². The molecule has 128 valence electrons. The molecule has 0 fully saturated rings. The second-order valence-corrected chi connectivity index (χ2v) is 6.03. The number of carbonyl (C=O) groups is 1. The van der Waals surface area contributed by atoms with E-state index >= 15 is 0 Å². The lowest BCUT2D eigenvalue weighted by Gasteiger charge is -2.12. The number of carbonyl (C=O) groups excluding carboxylic acids is 1. The van der Waals surface area contributed by atoms with Crippen LogP contribution in [-0.4, -0.2) is 20.0 Å². The Bertz CT molecular complexity index is 835. The lowest BCUT2D eigenvalue weighted by atomic mass is 10.2. The maximum absolute atomic E-state index is 12.3. The number of nitrogens with zero attached hydrogens (tertiary/aromatic N) is 2. The van der Waals surface area contributed by atoms with Gasteiger partial charge in [0.15, 0.2) is 0 Å². The third-order valence-corrected chi connectivity index (χ3v) is 4.06. The highest BCUT2D eigenvalue weighted by molar-refractivity contribution is 6.31. The molecule has 6 heteroatoms. The SMILES string of the molecule is Cc1c(Cl)cccc1NC(=O)/C(C#N)=C\Nc1ccc(N(C)C)cc1. The van der Waals surface area contributed by atoms with Gasteiger partial charge in [-0.25, -0.2) is 0 Å². The minimum absolute atomic E-state index is 0.0314. The normalized spacial score (nSPS) is 10.8. The number of rotatable bonds is 5. The Balaban J connectivity index is 2.10. The van der Waals surface area contributed by atoms with Crippen molar-refractivity contribution in [1.82, 2.24) is 0 Å². The number of nitrogens with one attached hydrogen (secondary N) is 2. The standard InChI is InChI=1S/C19H19ClN4O/c1-13-17(20)5-4-6-18(13)23-19(25)14(11-21)12-22-15-7-9-16(10-8-15)24(2)3/h4-10,12,22H,1-3H3,(H,23,25)/b14-12-. The van der Waals surface area contributed by atoms with Gasteiger partial charge in [-0.05, 0) is 48.9 Å². The highest BCUT2D eigenvalue weighted by Gasteiger charge is 2.11. The van der Waals surface area contributed by atoms with Crippen molar-refractivity contribution in [3.05, 3.63) is 64.8 Å². The molecule has 0 atom stereocenters. The number of amides is 1. The van der Waals surface area contributed by atoms with Crippen molar-refractivity contribution in [2.24, 2.45) is 0 Å². The van der Waals surface area contributed by atoms with Gasteiger partial charge >= 0.3 is 0 Å². The van der Waals surface area contributed by atoms with Crippen molar-refractivity contribution in [1.29, 1.82) is 5.26 Å². The van der Waals surface area contributed by atoms with Crippen LogP contribution in [0.15, 0.2) is 54.2 Å². The van der Waals surface area contributed by atoms with Crippen molar-refractivity contribution < 1.29 is 4.79 Å². The van der Waals surface area contributed by atoms with E-state index in [-0.39, 0.29) is 5.57 Å². The Morgan fingerprint density at radius 3 is 2.48 bits per heavy atom. The van der Waals surface area contributed by atoms with Gasteiger partial charge in [0.25, 0.3) is 5.91 Å². The number of halogens is 1. The van der Waals surface area contributed by atoms with Gasteiger partial charge in [-0.1, -0.05) is 17.7 Å². The lowest BCUT2D eigenvalue weighted by molar-refractivity contribution is -0.112. The van der Waals surface area contributed by atoms with Crippen LogP contribution in [0.2, 0.25) is 5.02 Å². The Labute approximate surface area is 152 Å². The largest absolute Gasteiger partial charge is 0.378 e. The summed E-state index contributed by atoms with van der Waals surface area (Å²) >= 11 is 6.04.